The van der Waals surface area contributed by atoms with Crippen LogP contribution in [0.1, 0.15) is 11.5 Å². The normalized spacial score (nSPS) is 16.0. The topological polar surface area (TPSA) is 20.2 Å². The molecule has 2 heterocycles. The molecule has 0 amide bonds. The lowest BCUT2D eigenvalue weighted by Gasteiger charge is -2.29. The van der Waals surface area contributed by atoms with Crippen LogP contribution in [-0.4, -0.2) is 10.6 Å². The zero-order valence-corrected chi connectivity index (χ0v) is 28.0. The van der Waals surface area contributed by atoms with E-state index in [-0.39, 0.29) is 0 Å². The van der Waals surface area contributed by atoms with Crippen molar-refractivity contribution >= 4 is 44.6 Å². The average molecular weight is 654 g/mol. The maximum atomic E-state index is 3.61. The van der Waals surface area contributed by atoms with E-state index in [0.717, 1.165) is 17.1 Å². The minimum absolute atomic E-state index is 0.296. The molecule has 0 radical (unpaired) electrons. The van der Waals surface area contributed by atoms with E-state index in [1.807, 2.05) is 0 Å². The highest BCUT2D eigenvalue weighted by Crippen LogP contribution is 2.48. The Balaban J connectivity index is 0.880. The highest BCUT2D eigenvalue weighted by atomic mass is 15.2. The van der Waals surface area contributed by atoms with Gasteiger partial charge in [0.15, 0.2) is 0 Å². The van der Waals surface area contributed by atoms with Crippen LogP contribution in [0.15, 0.2) is 194 Å². The minimum Gasteiger partial charge on any atom is -0.356 e. The van der Waals surface area contributed by atoms with Gasteiger partial charge in [-0.1, -0.05) is 127 Å². The number of hydrogen-bond donors (Lipinski definition) is 1. The molecule has 3 nitrogen and oxygen atoms in total. The van der Waals surface area contributed by atoms with Gasteiger partial charge in [0.25, 0.3) is 0 Å². The molecule has 242 valence electrons. The van der Waals surface area contributed by atoms with Crippen LogP contribution < -0.4 is 10.2 Å². The molecule has 8 aromatic rings. The Morgan fingerprint density at radius 3 is 1.65 bits per heavy atom. The third-order valence-electron chi connectivity index (χ3n) is 10.5. The van der Waals surface area contributed by atoms with Crippen molar-refractivity contribution in [2.45, 2.75) is 12.0 Å². The Morgan fingerprint density at radius 2 is 0.980 bits per heavy atom. The predicted molar refractivity (Wildman–Crippen MR) is 215 cm³/mol. The summed E-state index contributed by atoms with van der Waals surface area (Å²) in [6.07, 6.45) is 9.01. The first-order chi connectivity index (χ1) is 25.3. The lowest BCUT2D eigenvalue weighted by Crippen LogP contribution is -2.28. The number of anilines is 4. The summed E-state index contributed by atoms with van der Waals surface area (Å²) in [4.78, 5) is 2.49. The van der Waals surface area contributed by atoms with Crippen LogP contribution in [0.4, 0.5) is 22.7 Å². The molecule has 7 aromatic carbocycles. The number of nitrogens with zero attached hydrogens (tertiary/aromatic N) is 2. The third kappa shape index (κ3) is 5.05. The first-order valence-corrected chi connectivity index (χ1v) is 17.7. The van der Waals surface area contributed by atoms with Crippen LogP contribution in [0.2, 0.25) is 0 Å². The summed E-state index contributed by atoms with van der Waals surface area (Å²) in [6.45, 7) is 0. The monoisotopic (exact) mass is 653 g/mol. The maximum Gasteiger partial charge on any atom is 0.0629 e. The molecule has 1 aliphatic heterocycles. The molecule has 1 aliphatic carbocycles. The van der Waals surface area contributed by atoms with E-state index in [4.69, 9.17) is 0 Å². The fourth-order valence-electron chi connectivity index (χ4n) is 8.11. The molecule has 1 N–H and O–H groups in total. The van der Waals surface area contributed by atoms with E-state index < -0.39 is 0 Å². The lowest BCUT2D eigenvalue weighted by molar-refractivity contribution is 0.745. The zero-order valence-electron chi connectivity index (χ0n) is 28.0. The van der Waals surface area contributed by atoms with Crippen molar-refractivity contribution < 1.29 is 0 Å². The van der Waals surface area contributed by atoms with Crippen LogP contribution in [0.3, 0.4) is 0 Å². The van der Waals surface area contributed by atoms with Crippen molar-refractivity contribution in [1.29, 1.82) is 0 Å². The van der Waals surface area contributed by atoms with Gasteiger partial charge in [0.05, 0.1) is 17.1 Å². The van der Waals surface area contributed by atoms with Crippen molar-refractivity contribution in [3.8, 4) is 27.9 Å². The molecule has 0 fully saturated rings. The number of fused-ring (bicyclic) bond motifs is 6. The van der Waals surface area contributed by atoms with E-state index in [9.17, 15) is 0 Å². The van der Waals surface area contributed by atoms with Crippen molar-refractivity contribution in [2.24, 2.45) is 0 Å². The second kappa shape index (κ2) is 12.1. The van der Waals surface area contributed by atoms with Crippen LogP contribution >= 0.6 is 0 Å². The van der Waals surface area contributed by atoms with Crippen LogP contribution in [0.5, 0.6) is 0 Å². The van der Waals surface area contributed by atoms with Gasteiger partial charge in [-0.25, -0.2) is 0 Å². The standard InChI is InChI=1S/C48H35N3/c1-5-19-45-41(15-1)42-16-2-6-20-46(42)50(45)39-13-9-11-35(31-39)33-23-27-37(28-24-33)49-38-29-25-34(26-30-38)36-12-10-14-40(32-36)51-47-21-7-3-17-43(47)44-18-4-8-22-48(44)51/h1-32,41,45,49H. The number of benzene rings is 7. The quantitative estimate of drug-likeness (QED) is 0.193. The van der Waals surface area contributed by atoms with Gasteiger partial charge in [0, 0.05) is 45.1 Å². The Hall–Kier alpha value is -6.58. The number of allylic oxidation sites excluding steroid dienone is 2. The summed E-state index contributed by atoms with van der Waals surface area (Å²) in [5.41, 5.74) is 14.4. The molecule has 3 heteroatoms. The first kappa shape index (κ1) is 29.3. The molecule has 1 aromatic heterocycles. The second-order valence-corrected chi connectivity index (χ2v) is 13.5. The number of rotatable bonds is 6. The van der Waals surface area contributed by atoms with Crippen molar-refractivity contribution in [2.75, 3.05) is 10.2 Å². The van der Waals surface area contributed by atoms with E-state index in [2.05, 4.69) is 209 Å². The van der Waals surface area contributed by atoms with E-state index in [0.29, 0.717) is 12.0 Å². The van der Waals surface area contributed by atoms with E-state index in [1.165, 1.54) is 61.0 Å². The van der Waals surface area contributed by atoms with Gasteiger partial charge in [-0.05, 0) is 94.5 Å². The molecule has 0 bridgehead atoms. The van der Waals surface area contributed by atoms with Gasteiger partial charge in [-0.15, -0.1) is 0 Å². The largest absolute Gasteiger partial charge is 0.356 e. The SMILES string of the molecule is C1=CC2c3ccccc3N(c3cccc(-c4ccc(Nc5ccc(-c6cccc(-n7c8ccccc8c8ccccc87)c6)cc5)cc4)c3)C2C=C1. The predicted octanol–water partition coefficient (Wildman–Crippen LogP) is 12.6. The van der Waals surface area contributed by atoms with Gasteiger partial charge in [-0.2, -0.15) is 0 Å². The summed E-state index contributed by atoms with van der Waals surface area (Å²) < 4.78 is 2.37. The zero-order chi connectivity index (χ0) is 33.7. The molecular weight excluding hydrogens is 619 g/mol. The first-order valence-electron chi connectivity index (χ1n) is 17.7. The summed E-state index contributed by atoms with van der Waals surface area (Å²) in [6, 6.07) is 61.7. The number of para-hydroxylation sites is 3. The lowest BCUT2D eigenvalue weighted by atomic mass is 9.91. The highest BCUT2D eigenvalue weighted by Gasteiger charge is 2.37. The molecule has 51 heavy (non-hydrogen) atoms. The molecule has 10 rings (SSSR count). The van der Waals surface area contributed by atoms with Crippen molar-refractivity contribution in [3.05, 3.63) is 200 Å². The third-order valence-corrected chi connectivity index (χ3v) is 10.5. The Labute approximate surface area is 298 Å². The summed E-state index contributed by atoms with van der Waals surface area (Å²) in [5, 5.41) is 6.16. The minimum atomic E-state index is 0.296. The van der Waals surface area contributed by atoms with Gasteiger partial charge in [-0.3, -0.25) is 0 Å². The molecule has 2 aliphatic rings. The Bertz CT molecular complexity index is 2570. The molecule has 0 spiro atoms. The van der Waals surface area contributed by atoms with Gasteiger partial charge in [0.1, 0.15) is 0 Å². The van der Waals surface area contributed by atoms with Crippen molar-refractivity contribution in [1.82, 2.24) is 4.57 Å². The van der Waals surface area contributed by atoms with Crippen LogP contribution in [0.25, 0.3) is 49.7 Å². The second-order valence-electron chi connectivity index (χ2n) is 13.5. The van der Waals surface area contributed by atoms with Gasteiger partial charge in [0.2, 0.25) is 0 Å². The molecular formula is C48H35N3. The molecule has 2 unspecified atom stereocenters. The summed E-state index contributed by atoms with van der Waals surface area (Å²) in [5.74, 6) is 0.380. The number of nitrogens with one attached hydrogen (secondary N) is 1. The average Bonchev–Trinajstić information content (AvgIpc) is 3.72. The van der Waals surface area contributed by atoms with Gasteiger partial charge >= 0.3 is 0 Å². The molecule has 0 saturated heterocycles. The number of hydrogen-bond acceptors (Lipinski definition) is 2. The molecule has 0 saturated carbocycles. The van der Waals surface area contributed by atoms with Crippen LogP contribution in [-0.2, 0) is 0 Å². The summed E-state index contributed by atoms with van der Waals surface area (Å²) >= 11 is 0. The number of aromatic nitrogens is 1. The Kier molecular flexibility index (Phi) is 6.95. The van der Waals surface area contributed by atoms with Gasteiger partial charge < -0.3 is 14.8 Å². The fourth-order valence-corrected chi connectivity index (χ4v) is 8.11. The van der Waals surface area contributed by atoms with Crippen LogP contribution in [0, 0.1) is 0 Å². The molecule has 2 atom stereocenters. The Morgan fingerprint density at radius 1 is 0.431 bits per heavy atom. The highest BCUT2D eigenvalue weighted by molar-refractivity contribution is 6.09. The fraction of sp³-hybridized carbons (Fsp3) is 0.0417. The van der Waals surface area contributed by atoms with E-state index in [1.54, 1.807) is 0 Å². The maximum absolute atomic E-state index is 3.61. The van der Waals surface area contributed by atoms with Crippen molar-refractivity contribution in [3.63, 3.8) is 0 Å². The van der Waals surface area contributed by atoms with E-state index >= 15 is 0 Å². The summed E-state index contributed by atoms with van der Waals surface area (Å²) in [7, 11) is 0. The smallest absolute Gasteiger partial charge is 0.0629 e.